The molecular formula is C13H17BrO4. The van der Waals surface area contributed by atoms with Gasteiger partial charge in [-0.3, -0.25) is 4.79 Å². The van der Waals surface area contributed by atoms with Gasteiger partial charge in [-0.05, 0) is 41.4 Å². The van der Waals surface area contributed by atoms with Gasteiger partial charge in [-0.1, -0.05) is 6.92 Å². The van der Waals surface area contributed by atoms with Crippen LogP contribution in [0, 0.1) is 0 Å². The number of aliphatic hydroxyl groups is 1. The molecule has 0 aliphatic carbocycles. The molecule has 100 valence electrons. The van der Waals surface area contributed by atoms with Crippen molar-refractivity contribution in [1.82, 2.24) is 0 Å². The monoisotopic (exact) mass is 316 g/mol. The Morgan fingerprint density at radius 2 is 2.17 bits per heavy atom. The Balaban J connectivity index is 2.98. The molecule has 1 aromatic rings. The standard InChI is InChI=1S/C13H17BrO4/c1-4-13(2,16)8-18-12-10(14)5-9(7-15)6-11(12)17-3/h5-7,16H,4,8H2,1-3H3. The largest absolute Gasteiger partial charge is 0.493 e. The Kier molecular flexibility index (Phi) is 5.16. The lowest BCUT2D eigenvalue weighted by Crippen LogP contribution is -2.31. The Morgan fingerprint density at radius 3 is 2.67 bits per heavy atom. The highest BCUT2D eigenvalue weighted by Gasteiger charge is 2.21. The maximum Gasteiger partial charge on any atom is 0.175 e. The van der Waals surface area contributed by atoms with Crippen LogP contribution < -0.4 is 9.47 Å². The fourth-order valence-electron chi connectivity index (χ4n) is 1.28. The number of rotatable bonds is 6. The average Bonchev–Trinajstić information content (AvgIpc) is 2.36. The summed E-state index contributed by atoms with van der Waals surface area (Å²) < 4.78 is 11.4. The van der Waals surface area contributed by atoms with Gasteiger partial charge in [0, 0.05) is 5.56 Å². The van der Waals surface area contributed by atoms with Crippen LogP contribution in [0.4, 0.5) is 0 Å². The first-order chi connectivity index (χ1) is 8.43. The molecule has 1 unspecified atom stereocenters. The van der Waals surface area contributed by atoms with Crippen molar-refractivity contribution >= 4 is 22.2 Å². The third-order valence-corrected chi connectivity index (χ3v) is 3.27. The summed E-state index contributed by atoms with van der Waals surface area (Å²) in [6.45, 7) is 3.73. The summed E-state index contributed by atoms with van der Waals surface area (Å²) in [5.74, 6) is 0.940. The van der Waals surface area contributed by atoms with Crippen molar-refractivity contribution in [2.75, 3.05) is 13.7 Å². The number of carbonyl (C=O) groups excluding carboxylic acids is 1. The third kappa shape index (κ3) is 3.71. The summed E-state index contributed by atoms with van der Waals surface area (Å²) in [6, 6.07) is 3.24. The number of hydrogen-bond acceptors (Lipinski definition) is 4. The van der Waals surface area contributed by atoms with Crippen LogP contribution >= 0.6 is 15.9 Å². The van der Waals surface area contributed by atoms with Crippen LogP contribution in [0.1, 0.15) is 30.6 Å². The fraction of sp³-hybridized carbons (Fsp3) is 0.462. The van der Waals surface area contributed by atoms with Gasteiger partial charge in [-0.2, -0.15) is 0 Å². The lowest BCUT2D eigenvalue weighted by molar-refractivity contribution is 0.00750. The Labute approximate surface area is 115 Å². The van der Waals surface area contributed by atoms with Gasteiger partial charge in [-0.15, -0.1) is 0 Å². The molecule has 1 N–H and O–H groups in total. The molecule has 5 heteroatoms. The smallest absolute Gasteiger partial charge is 0.175 e. The molecule has 0 aromatic heterocycles. The summed E-state index contributed by atoms with van der Waals surface area (Å²) >= 11 is 3.32. The minimum atomic E-state index is -0.895. The highest BCUT2D eigenvalue weighted by Crippen LogP contribution is 2.36. The quantitative estimate of drug-likeness (QED) is 0.820. The first kappa shape index (κ1) is 15.0. The van der Waals surface area contributed by atoms with Crippen molar-refractivity contribution in [3.63, 3.8) is 0 Å². The van der Waals surface area contributed by atoms with Gasteiger partial charge in [-0.25, -0.2) is 0 Å². The van der Waals surface area contributed by atoms with Crippen LogP contribution in [0.3, 0.4) is 0 Å². The van der Waals surface area contributed by atoms with Crippen LogP contribution in [0.5, 0.6) is 11.5 Å². The summed E-state index contributed by atoms with van der Waals surface area (Å²) in [5.41, 5.74) is -0.401. The van der Waals surface area contributed by atoms with E-state index in [2.05, 4.69) is 15.9 Å². The van der Waals surface area contributed by atoms with Crippen molar-refractivity contribution in [2.24, 2.45) is 0 Å². The molecule has 0 aliphatic rings. The average molecular weight is 317 g/mol. The number of hydrogen-bond donors (Lipinski definition) is 1. The molecule has 0 radical (unpaired) electrons. The molecule has 0 saturated heterocycles. The Bertz CT molecular complexity index is 429. The molecule has 18 heavy (non-hydrogen) atoms. The molecular weight excluding hydrogens is 300 g/mol. The zero-order valence-corrected chi connectivity index (χ0v) is 12.3. The molecule has 0 heterocycles. The van der Waals surface area contributed by atoms with Gasteiger partial charge in [0.1, 0.15) is 12.9 Å². The van der Waals surface area contributed by atoms with E-state index in [1.165, 1.54) is 7.11 Å². The predicted octanol–water partition coefficient (Wildman–Crippen LogP) is 2.81. The first-order valence-electron chi connectivity index (χ1n) is 5.61. The first-order valence-corrected chi connectivity index (χ1v) is 6.40. The molecule has 0 fully saturated rings. The van der Waals surface area contributed by atoms with E-state index in [9.17, 15) is 9.90 Å². The molecule has 1 aromatic carbocycles. The lowest BCUT2D eigenvalue weighted by atomic mass is 10.1. The van der Waals surface area contributed by atoms with E-state index in [1.807, 2.05) is 6.92 Å². The van der Waals surface area contributed by atoms with Crippen LogP contribution in [0.15, 0.2) is 16.6 Å². The zero-order valence-electron chi connectivity index (χ0n) is 10.7. The number of carbonyl (C=O) groups is 1. The minimum Gasteiger partial charge on any atom is -0.493 e. The number of aldehydes is 1. The second kappa shape index (κ2) is 6.20. The normalized spacial score (nSPS) is 13.8. The highest BCUT2D eigenvalue weighted by atomic mass is 79.9. The summed E-state index contributed by atoms with van der Waals surface area (Å²) in [4.78, 5) is 10.7. The van der Waals surface area contributed by atoms with Gasteiger partial charge in [0.15, 0.2) is 11.5 Å². The molecule has 4 nitrogen and oxygen atoms in total. The SMILES string of the molecule is CCC(C)(O)COc1c(Br)cc(C=O)cc1OC. The van der Waals surface area contributed by atoms with Crippen molar-refractivity contribution in [2.45, 2.75) is 25.9 Å². The number of ether oxygens (including phenoxy) is 2. The van der Waals surface area contributed by atoms with Gasteiger partial charge < -0.3 is 14.6 Å². The molecule has 0 saturated carbocycles. The number of benzene rings is 1. The molecule has 0 amide bonds. The predicted molar refractivity (Wildman–Crippen MR) is 72.5 cm³/mol. The third-order valence-electron chi connectivity index (χ3n) is 2.68. The summed E-state index contributed by atoms with van der Waals surface area (Å²) in [6.07, 6.45) is 1.32. The molecule has 0 spiro atoms. The van der Waals surface area contributed by atoms with Crippen LogP contribution in [-0.4, -0.2) is 30.7 Å². The van der Waals surface area contributed by atoms with E-state index in [1.54, 1.807) is 19.1 Å². The maximum absolute atomic E-state index is 10.7. The molecule has 1 atom stereocenters. The van der Waals surface area contributed by atoms with Crippen molar-refractivity contribution in [1.29, 1.82) is 0 Å². The van der Waals surface area contributed by atoms with E-state index in [0.717, 1.165) is 6.29 Å². The zero-order chi connectivity index (χ0) is 13.8. The summed E-state index contributed by atoms with van der Waals surface area (Å²) in [5, 5.41) is 9.90. The summed E-state index contributed by atoms with van der Waals surface area (Å²) in [7, 11) is 1.50. The fourth-order valence-corrected chi connectivity index (χ4v) is 1.85. The van der Waals surface area contributed by atoms with Gasteiger partial charge >= 0.3 is 0 Å². The second-order valence-electron chi connectivity index (χ2n) is 4.29. The molecule has 1 rings (SSSR count). The van der Waals surface area contributed by atoms with Gasteiger partial charge in [0.25, 0.3) is 0 Å². The second-order valence-corrected chi connectivity index (χ2v) is 5.15. The van der Waals surface area contributed by atoms with E-state index in [-0.39, 0.29) is 6.61 Å². The van der Waals surface area contributed by atoms with Gasteiger partial charge in [0.2, 0.25) is 0 Å². The Hall–Kier alpha value is -1.07. The van der Waals surface area contributed by atoms with E-state index >= 15 is 0 Å². The maximum atomic E-state index is 10.7. The van der Waals surface area contributed by atoms with E-state index in [4.69, 9.17) is 9.47 Å². The van der Waals surface area contributed by atoms with Crippen molar-refractivity contribution in [3.8, 4) is 11.5 Å². The number of halogens is 1. The van der Waals surface area contributed by atoms with Crippen LogP contribution in [0.2, 0.25) is 0 Å². The van der Waals surface area contributed by atoms with E-state index < -0.39 is 5.60 Å². The van der Waals surface area contributed by atoms with Gasteiger partial charge in [0.05, 0.1) is 17.2 Å². The Morgan fingerprint density at radius 1 is 1.50 bits per heavy atom. The van der Waals surface area contributed by atoms with Crippen molar-refractivity contribution < 1.29 is 19.4 Å². The minimum absolute atomic E-state index is 0.152. The lowest BCUT2D eigenvalue weighted by Gasteiger charge is -2.22. The van der Waals surface area contributed by atoms with Crippen LogP contribution in [-0.2, 0) is 0 Å². The van der Waals surface area contributed by atoms with E-state index in [0.29, 0.717) is 28.0 Å². The van der Waals surface area contributed by atoms with Crippen LogP contribution in [0.25, 0.3) is 0 Å². The highest BCUT2D eigenvalue weighted by molar-refractivity contribution is 9.10. The number of methoxy groups -OCH3 is 1. The molecule has 0 bridgehead atoms. The topological polar surface area (TPSA) is 55.8 Å². The van der Waals surface area contributed by atoms with Crippen molar-refractivity contribution in [3.05, 3.63) is 22.2 Å². The molecule has 0 aliphatic heterocycles.